The van der Waals surface area contributed by atoms with Gasteiger partial charge in [0.05, 0.1) is 0 Å². The van der Waals surface area contributed by atoms with Crippen LogP contribution in [-0.2, 0) is 14.4 Å². The first-order valence-electron chi connectivity index (χ1n) is 7.55. The number of benzene rings is 1. The molecule has 0 bridgehead atoms. The smallest absolute Gasteiger partial charge is 0.319 e. The van der Waals surface area contributed by atoms with E-state index < -0.39 is 23.3 Å². The van der Waals surface area contributed by atoms with Crippen molar-refractivity contribution in [3.8, 4) is 0 Å². The van der Waals surface area contributed by atoms with E-state index >= 15 is 0 Å². The summed E-state index contributed by atoms with van der Waals surface area (Å²) in [4.78, 5) is 37.8. The zero-order valence-electron chi connectivity index (χ0n) is 12.4. The molecule has 1 aromatic rings. The van der Waals surface area contributed by atoms with E-state index in [0.717, 1.165) is 16.6 Å². The van der Waals surface area contributed by atoms with Crippen molar-refractivity contribution >= 4 is 39.4 Å². The van der Waals surface area contributed by atoms with Crippen LogP contribution in [0.3, 0.4) is 0 Å². The molecule has 0 spiro atoms. The van der Waals surface area contributed by atoms with Crippen molar-refractivity contribution in [1.82, 2.24) is 5.32 Å². The summed E-state index contributed by atoms with van der Waals surface area (Å²) in [6.45, 7) is 0.500. The summed E-state index contributed by atoms with van der Waals surface area (Å²) in [5.41, 5.74) is -0.582. The van der Waals surface area contributed by atoms with E-state index in [1.807, 2.05) is 24.3 Å². The van der Waals surface area contributed by atoms with E-state index in [2.05, 4.69) is 21.2 Å². The fourth-order valence-electron chi connectivity index (χ4n) is 3.08. The second-order valence-corrected chi connectivity index (χ2v) is 6.94. The van der Waals surface area contributed by atoms with E-state index in [0.29, 0.717) is 25.8 Å². The first kappa shape index (κ1) is 16.0. The summed E-state index contributed by atoms with van der Waals surface area (Å²) < 4.78 is 0.870. The highest BCUT2D eigenvalue weighted by Crippen LogP contribution is 2.41. The average molecular weight is 381 g/mol. The normalized spacial score (nSPS) is 22.6. The highest BCUT2D eigenvalue weighted by atomic mass is 79.9. The number of halogens is 1. The lowest BCUT2D eigenvalue weighted by Gasteiger charge is -2.36. The van der Waals surface area contributed by atoms with Gasteiger partial charge in [0.15, 0.2) is 0 Å². The number of carbonyl (C=O) groups is 3. The molecule has 2 aliphatic rings. The molecule has 1 unspecified atom stereocenters. The van der Waals surface area contributed by atoms with Crippen LogP contribution < -0.4 is 10.2 Å². The Kier molecular flexibility index (Phi) is 4.14. The molecule has 1 aliphatic heterocycles. The van der Waals surface area contributed by atoms with Crippen LogP contribution >= 0.6 is 15.9 Å². The quantitative estimate of drug-likeness (QED) is 0.781. The molecular weight excluding hydrogens is 364 g/mol. The molecule has 2 N–H and O–H groups in total. The largest absolute Gasteiger partial charge is 0.480 e. The third-order valence-corrected chi connectivity index (χ3v) is 5.18. The van der Waals surface area contributed by atoms with Gasteiger partial charge in [0.1, 0.15) is 11.5 Å². The lowest BCUT2D eigenvalue weighted by molar-refractivity contribution is -0.162. The number of nitrogens with zero attached hydrogens (tertiary/aromatic N) is 1. The van der Waals surface area contributed by atoms with Crippen molar-refractivity contribution in [2.24, 2.45) is 5.41 Å². The lowest BCUT2D eigenvalue weighted by atomic mass is 9.68. The van der Waals surface area contributed by atoms with Crippen LogP contribution in [0.1, 0.15) is 25.7 Å². The van der Waals surface area contributed by atoms with Gasteiger partial charge in [0, 0.05) is 16.7 Å². The molecule has 1 aliphatic carbocycles. The molecule has 7 heteroatoms. The topological polar surface area (TPSA) is 86.7 Å². The number of nitrogens with one attached hydrogen (secondary N) is 1. The van der Waals surface area contributed by atoms with Gasteiger partial charge < -0.3 is 15.3 Å². The summed E-state index contributed by atoms with van der Waals surface area (Å²) in [6.07, 6.45) is 1.88. The van der Waals surface area contributed by atoms with Crippen LogP contribution in [0, 0.1) is 5.41 Å². The zero-order valence-corrected chi connectivity index (χ0v) is 14.0. The van der Waals surface area contributed by atoms with Gasteiger partial charge in [0.25, 0.3) is 0 Å². The summed E-state index contributed by atoms with van der Waals surface area (Å²) in [7, 11) is 0. The molecule has 2 fully saturated rings. The number of carboxylic acid groups (broad SMARTS) is 1. The Hall–Kier alpha value is -1.89. The summed E-state index contributed by atoms with van der Waals surface area (Å²) in [6, 6.07) is 6.73. The Balaban J connectivity index is 1.70. The number of anilines is 1. The van der Waals surface area contributed by atoms with Crippen molar-refractivity contribution in [2.75, 3.05) is 11.4 Å². The molecule has 23 heavy (non-hydrogen) atoms. The van der Waals surface area contributed by atoms with E-state index in [4.69, 9.17) is 0 Å². The molecule has 1 heterocycles. The van der Waals surface area contributed by atoms with Crippen LogP contribution in [0.2, 0.25) is 0 Å². The Labute approximate surface area is 142 Å². The predicted molar refractivity (Wildman–Crippen MR) is 87.0 cm³/mol. The maximum atomic E-state index is 12.5. The van der Waals surface area contributed by atoms with Crippen LogP contribution in [0.25, 0.3) is 0 Å². The highest BCUT2D eigenvalue weighted by Gasteiger charge is 2.52. The summed E-state index contributed by atoms with van der Waals surface area (Å²) in [5, 5.41) is 11.9. The minimum absolute atomic E-state index is 0.198. The molecule has 1 aromatic carbocycles. The number of hydrogen-bond acceptors (Lipinski definition) is 3. The first-order chi connectivity index (χ1) is 10.9. The van der Waals surface area contributed by atoms with Crippen molar-refractivity contribution in [3.63, 3.8) is 0 Å². The third kappa shape index (κ3) is 2.73. The fourth-order valence-corrected chi connectivity index (χ4v) is 3.47. The second kappa shape index (κ2) is 5.96. The number of amides is 2. The van der Waals surface area contributed by atoms with E-state index in [1.165, 1.54) is 0 Å². The average Bonchev–Trinajstić information content (AvgIpc) is 2.78. The van der Waals surface area contributed by atoms with Gasteiger partial charge in [-0.05, 0) is 37.5 Å². The van der Waals surface area contributed by atoms with E-state index in [9.17, 15) is 19.5 Å². The van der Waals surface area contributed by atoms with Gasteiger partial charge in [-0.2, -0.15) is 0 Å². The predicted octanol–water partition coefficient (Wildman–Crippen LogP) is 1.93. The van der Waals surface area contributed by atoms with Gasteiger partial charge in [-0.1, -0.05) is 28.4 Å². The van der Waals surface area contributed by atoms with Crippen LogP contribution in [0.4, 0.5) is 5.69 Å². The van der Waals surface area contributed by atoms with Gasteiger partial charge in [-0.3, -0.25) is 14.4 Å². The molecule has 0 radical (unpaired) electrons. The summed E-state index contributed by atoms with van der Waals surface area (Å²) in [5.74, 6) is -1.84. The number of aliphatic carboxylic acids is 1. The van der Waals surface area contributed by atoms with Gasteiger partial charge in [-0.15, -0.1) is 0 Å². The van der Waals surface area contributed by atoms with E-state index in [1.54, 1.807) is 4.90 Å². The Morgan fingerprint density at radius 1 is 1.35 bits per heavy atom. The summed E-state index contributed by atoms with van der Waals surface area (Å²) >= 11 is 3.37. The minimum Gasteiger partial charge on any atom is -0.480 e. The number of hydrogen-bond donors (Lipinski definition) is 2. The minimum atomic E-state index is -1.34. The Morgan fingerprint density at radius 2 is 2.09 bits per heavy atom. The fraction of sp³-hybridized carbons (Fsp3) is 0.438. The number of carbonyl (C=O) groups excluding carboxylic acids is 2. The standard InChI is InChI=1S/C16H17BrN2O4/c17-10-3-1-4-11(9-10)19-8-5-12(13(19)20)18-14(21)16(15(22)23)6-2-7-16/h1,3-4,9,12H,2,5-8H2,(H,18,21)(H,22,23). The molecule has 1 atom stereocenters. The van der Waals surface area contributed by atoms with Crippen LogP contribution in [0.5, 0.6) is 0 Å². The Morgan fingerprint density at radius 3 is 2.65 bits per heavy atom. The van der Waals surface area contributed by atoms with Gasteiger partial charge >= 0.3 is 5.97 Å². The van der Waals surface area contributed by atoms with Crippen molar-refractivity contribution in [2.45, 2.75) is 31.7 Å². The lowest BCUT2D eigenvalue weighted by Crippen LogP contribution is -2.54. The third-order valence-electron chi connectivity index (χ3n) is 4.68. The van der Waals surface area contributed by atoms with Crippen molar-refractivity contribution in [1.29, 1.82) is 0 Å². The zero-order chi connectivity index (χ0) is 16.6. The number of carboxylic acids is 1. The molecule has 122 valence electrons. The number of rotatable bonds is 4. The molecular formula is C16H17BrN2O4. The molecule has 3 rings (SSSR count). The second-order valence-electron chi connectivity index (χ2n) is 6.03. The maximum absolute atomic E-state index is 12.5. The van der Waals surface area contributed by atoms with Crippen molar-refractivity contribution in [3.05, 3.63) is 28.7 Å². The molecule has 1 saturated heterocycles. The van der Waals surface area contributed by atoms with Crippen LogP contribution in [0.15, 0.2) is 28.7 Å². The highest BCUT2D eigenvalue weighted by molar-refractivity contribution is 9.10. The van der Waals surface area contributed by atoms with Gasteiger partial charge in [0.2, 0.25) is 11.8 Å². The van der Waals surface area contributed by atoms with E-state index in [-0.39, 0.29) is 5.91 Å². The Bertz CT molecular complexity index is 672. The van der Waals surface area contributed by atoms with Crippen molar-refractivity contribution < 1.29 is 19.5 Å². The molecule has 6 nitrogen and oxygen atoms in total. The molecule has 2 amide bonds. The van der Waals surface area contributed by atoms with Crippen LogP contribution in [-0.4, -0.2) is 35.5 Å². The first-order valence-corrected chi connectivity index (χ1v) is 8.35. The SMILES string of the molecule is O=C1C(NC(=O)C2(C(=O)O)CCC2)CCN1c1cccc(Br)c1. The molecule has 1 saturated carbocycles. The van der Waals surface area contributed by atoms with Gasteiger partial charge in [-0.25, -0.2) is 0 Å². The molecule has 0 aromatic heterocycles. The maximum Gasteiger partial charge on any atom is 0.319 e. The monoisotopic (exact) mass is 380 g/mol.